The molecule has 0 atom stereocenters. The van der Waals surface area contributed by atoms with Gasteiger partial charge in [0.05, 0.1) is 15.2 Å². The molecule has 0 fully saturated rings. The van der Waals surface area contributed by atoms with Crippen LogP contribution in [-0.2, 0) is 6.42 Å². The van der Waals surface area contributed by atoms with Crippen LogP contribution in [0, 0.1) is 6.92 Å². The van der Waals surface area contributed by atoms with Gasteiger partial charge in [-0.15, -0.1) is 22.7 Å². The molecule has 0 bridgehead atoms. The van der Waals surface area contributed by atoms with E-state index in [1.165, 1.54) is 4.88 Å². The van der Waals surface area contributed by atoms with Crippen LogP contribution in [-0.4, -0.2) is 21.5 Å². The van der Waals surface area contributed by atoms with Crippen LogP contribution >= 0.6 is 22.7 Å². The van der Waals surface area contributed by atoms with E-state index in [9.17, 15) is 0 Å². The summed E-state index contributed by atoms with van der Waals surface area (Å²) in [7, 11) is 0. The monoisotopic (exact) mass is 276 g/mol. The van der Waals surface area contributed by atoms with Gasteiger partial charge in [-0.1, -0.05) is 0 Å². The van der Waals surface area contributed by atoms with Gasteiger partial charge in [0.25, 0.3) is 0 Å². The molecule has 0 aliphatic carbocycles. The van der Waals surface area contributed by atoms with Crippen LogP contribution in [0.25, 0.3) is 10.2 Å². The Kier molecular flexibility index (Phi) is 3.21. The molecule has 4 nitrogen and oxygen atoms in total. The number of hydrogen-bond acceptors (Lipinski definition) is 6. The van der Waals surface area contributed by atoms with Crippen molar-refractivity contribution in [2.24, 2.45) is 0 Å². The first-order valence-electron chi connectivity index (χ1n) is 5.66. The van der Waals surface area contributed by atoms with Gasteiger partial charge in [-0.25, -0.2) is 15.0 Å². The highest BCUT2D eigenvalue weighted by molar-refractivity contribution is 7.17. The maximum Gasteiger partial charge on any atom is 0.147 e. The second kappa shape index (κ2) is 4.99. The van der Waals surface area contributed by atoms with E-state index in [0.717, 1.165) is 34.0 Å². The third-order valence-electron chi connectivity index (χ3n) is 2.58. The Balaban J connectivity index is 1.68. The van der Waals surface area contributed by atoms with Crippen molar-refractivity contribution in [1.29, 1.82) is 0 Å². The average molecular weight is 276 g/mol. The summed E-state index contributed by atoms with van der Waals surface area (Å²) in [6, 6.07) is 2.01. The fourth-order valence-corrected chi connectivity index (χ4v) is 3.35. The molecule has 18 heavy (non-hydrogen) atoms. The lowest BCUT2D eigenvalue weighted by Gasteiger charge is -2.04. The molecule has 3 rings (SSSR count). The number of thiazole rings is 1. The van der Waals surface area contributed by atoms with E-state index in [1.54, 1.807) is 29.0 Å². The lowest BCUT2D eigenvalue weighted by Crippen LogP contribution is -2.05. The zero-order chi connectivity index (χ0) is 12.4. The highest BCUT2D eigenvalue weighted by Gasteiger charge is 2.04. The lowest BCUT2D eigenvalue weighted by molar-refractivity contribution is 1.02. The van der Waals surface area contributed by atoms with Crippen LogP contribution in [0.15, 0.2) is 24.0 Å². The molecule has 6 heteroatoms. The molecule has 0 aliphatic heterocycles. The Morgan fingerprint density at radius 3 is 3.06 bits per heavy atom. The largest absolute Gasteiger partial charge is 0.368 e. The molecule has 0 amide bonds. The first-order chi connectivity index (χ1) is 8.83. The number of rotatable bonds is 4. The van der Waals surface area contributed by atoms with Crippen LogP contribution in [0.3, 0.4) is 0 Å². The van der Waals surface area contributed by atoms with Gasteiger partial charge in [0.15, 0.2) is 0 Å². The number of hydrogen-bond donors (Lipinski definition) is 1. The van der Waals surface area contributed by atoms with Crippen LogP contribution in [0.4, 0.5) is 5.82 Å². The summed E-state index contributed by atoms with van der Waals surface area (Å²) in [4.78, 5) is 14.1. The van der Waals surface area contributed by atoms with Crippen LogP contribution in [0.5, 0.6) is 0 Å². The average Bonchev–Trinajstić information content (AvgIpc) is 2.98. The summed E-state index contributed by atoms with van der Waals surface area (Å²) in [6.07, 6.45) is 4.53. The third kappa shape index (κ3) is 2.34. The predicted octanol–water partition coefficient (Wildman–Crippen LogP) is 3.11. The Hall–Kier alpha value is -1.53. The molecule has 0 spiro atoms. The standard InChI is InChI=1S/C12H12N4S2/c1-8-14-6-9(18-8)2-4-13-12-11-10(3-5-17-11)15-7-16-12/h3,5-7H,2,4H2,1H3,(H,13,15,16). The maximum atomic E-state index is 4.29. The minimum absolute atomic E-state index is 0.867. The van der Waals surface area contributed by atoms with Crippen molar-refractivity contribution in [3.8, 4) is 0 Å². The van der Waals surface area contributed by atoms with E-state index in [0.29, 0.717) is 0 Å². The molecule has 0 saturated heterocycles. The molecule has 3 aromatic heterocycles. The van der Waals surface area contributed by atoms with Gasteiger partial charge in [0, 0.05) is 24.0 Å². The minimum Gasteiger partial charge on any atom is -0.368 e. The Morgan fingerprint density at radius 1 is 1.28 bits per heavy atom. The Morgan fingerprint density at radius 2 is 2.22 bits per heavy atom. The molecule has 0 radical (unpaired) electrons. The highest BCUT2D eigenvalue weighted by atomic mass is 32.1. The molecule has 0 aliphatic rings. The van der Waals surface area contributed by atoms with Crippen molar-refractivity contribution in [3.05, 3.63) is 33.9 Å². The van der Waals surface area contributed by atoms with Crippen LogP contribution in [0.1, 0.15) is 9.88 Å². The molecule has 1 N–H and O–H groups in total. The van der Waals surface area contributed by atoms with Gasteiger partial charge in [0.1, 0.15) is 12.1 Å². The number of anilines is 1. The minimum atomic E-state index is 0.867. The summed E-state index contributed by atoms with van der Waals surface area (Å²) in [5.74, 6) is 0.927. The van der Waals surface area contributed by atoms with E-state index in [2.05, 4.69) is 20.3 Å². The van der Waals surface area contributed by atoms with Crippen molar-refractivity contribution in [2.45, 2.75) is 13.3 Å². The molecular weight excluding hydrogens is 264 g/mol. The van der Waals surface area contributed by atoms with Crippen molar-refractivity contribution in [1.82, 2.24) is 15.0 Å². The topological polar surface area (TPSA) is 50.7 Å². The van der Waals surface area contributed by atoms with E-state index in [4.69, 9.17) is 0 Å². The molecule has 0 saturated carbocycles. The number of aromatic nitrogens is 3. The van der Waals surface area contributed by atoms with Gasteiger partial charge in [-0.05, 0) is 18.4 Å². The quantitative estimate of drug-likeness (QED) is 0.795. The molecule has 92 valence electrons. The van der Waals surface area contributed by atoms with Gasteiger partial charge < -0.3 is 5.32 Å². The fraction of sp³-hybridized carbons (Fsp3) is 0.250. The summed E-state index contributed by atoms with van der Waals surface area (Å²) >= 11 is 3.41. The van der Waals surface area contributed by atoms with Crippen molar-refractivity contribution in [2.75, 3.05) is 11.9 Å². The number of thiophene rings is 1. The number of nitrogens with zero attached hydrogens (tertiary/aromatic N) is 3. The maximum absolute atomic E-state index is 4.29. The first-order valence-corrected chi connectivity index (χ1v) is 7.36. The Bertz CT molecular complexity index is 659. The van der Waals surface area contributed by atoms with E-state index >= 15 is 0 Å². The zero-order valence-electron chi connectivity index (χ0n) is 9.88. The van der Waals surface area contributed by atoms with E-state index < -0.39 is 0 Å². The Labute approximate surface area is 113 Å². The van der Waals surface area contributed by atoms with E-state index in [1.807, 2.05) is 24.6 Å². The normalized spacial score (nSPS) is 10.9. The van der Waals surface area contributed by atoms with Crippen molar-refractivity contribution in [3.63, 3.8) is 0 Å². The second-order valence-corrected chi connectivity index (χ2v) is 6.12. The summed E-state index contributed by atoms with van der Waals surface area (Å²) < 4.78 is 1.12. The van der Waals surface area contributed by atoms with Crippen molar-refractivity contribution >= 4 is 38.7 Å². The SMILES string of the molecule is Cc1ncc(CCNc2ncnc3ccsc23)s1. The lowest BCUT2D eigenvalue weighted by atomic mass is 10.3. The van der Waals surface area contributed by atoms with Crippen LogP contribution in [0.2, 0.25) is 0 Å². The van der Waals surface area contributed by atoms with Crippen LogP contribution < -0.4 is 5.32 Å². The number of aryl methyl sites for hydroxylation is 1. The van der Waals surface area contributed by atoms with E-state index in [-0.39, 0.29) is 0 Å². The van der Waals surface area contributed by atoms with Gasteiger partial charge in [-0.3, -0.25) is 0 Å². The van der Waals surface area contributed by atoms with Crippen molar-refractivity contribution < 1.29 is 0 Å². The molecule has 3 heterocycles. The third-order valence-corrected chi connectivity index (χ3v) is 4.46. The smallest absolute Gasteiger partial charge is 0.147 e. The summed E-state index contributed by atoms with van der Waals surface area (Å²) in [5, 5.41) is 6.53. The number of nitrogens with one attached hydrogen (secondary N) is 1. The molecule has 3 aromatic rings. The molecule has 0 aromatic carbocycles. The first kappa shape index (κ1) is 11.6. The zero-order valence-corrected chi connectivity index (χ0v) is 11.5. The second-order valence-electron chi connectivity index (χ2n) is 3.88. The number of fused-ring (bicyclic) bond motifs is 1. The van der Waals surface area contributed by atoms with Gasteiger partial charge in [0.2, 0.25) is 0 Å². The summed E-state index contributed by atoms with van der Waals surface area (Å²) in [5.41, 5.74) is 1.01. The van der Waals surface area contributed by atoms with Gasteiger partial charge >= 0.3 is 0 Å². The van der Waals surface area contributed by atoms with Gasteiger partial charge in [-0.2, -0.15) is 0 Å². The summed E-state index contributed by atoms with van der Waals surface area (Å²) in [6.45, 7) is 2.90. The molecule has 0 unspecified atom stereocenters. The molecular formula is C12H12N4S2. The highest BCUT2D eigenvalue weighted by Crippen LogP contribution is 2.24. The predicted molar refractivity (Wildman–Crippen MR) is 76.5 cm³/mol. The fourth-order valence-electron chi connectivity index (χ4n) is 1.74.